The minimum absolute atomic E-state index is 0.212. The third-order valence-electron chi connectivity index (χ3n) is 5.71. The molecule has 0 unspecified atom stereocenters. The lowest BCUT2D eigenvalue weighted by Gasteiger charge is -2.34. The summed E-state index contributed by atoms with van der Waals surface area (Å²) in [6.45, 7) is 0. The van der Waals surface area contributed by atoms with Crippen LogP contribution in [0.25, 0.3) is 22.5 Å². The maximum absolute atomic E-state index is 11.8. The zero-order valence-corrected chi connectivity index (χ0v) is 17.5. The zero-order chi connectivity index (χ0) is 20.5. The molecule has 30 heavy (non-hydrogen) atoms. The Kier molecular flexibility index (Phi) is 5.00. The van der Waals surface area contributed by atoms with Crippen molar-refractivity contribution < 1.29 is 4.42 Å². The number of benzene rings is 1. The number of anilines is 3. The highest BCUT2D eigenvalue weighted by atomic mass is 32.1. The molecule has 0 saturated heterocycles. The minimum atomic E-state index is -0.212. The third-order valence-corrected chi connectivity index (χ3v) is 6.47. The molecule has 154 valence electrons. The van der Waals surface area contributed by atoms with Crippen molar-refractivity contribution in [1.29, 1.82) is 0 Å². The maximum Gasteiger partial charge on any atom is 0.266 e. The first-order valence-corrected chi connectivity index (χ1v) is 11.1. The number of rotatable bonds is 5. The topological polar surface area (TPSA) is 87.0 Å². The largest absolute Gasteiger partial charge is 0.463 e. The van der Waals surface area contributed by atoms with E-state index in [2.05, 4.69) is 32.2 Å². The molecule has 3 heterocycles. The Hall–Kier alpha value is -3.13. The van der Waals surface area contributed by atoms with Gasteiger partial charge in [-0.3, -0.25) is 4.79 Å². The molecule has 2 N–H and O–H groups in total. The van der Waals surface area contributed by atoms with Gasteiger partial charge in [-0.15, -0.1) is 11.3 Å². The van der Waals surface area contributed by atoms with Crippen molar-refractivity contribution in [2.45, 2.75) is 38.1 Å². The first kappa shape index (κ1) is 18.9. The summed E-state index contributed by atoms with van der Waals surface area (Å²) in [5, 5.41) is 6.20. The highest BCUT2D eigenvalue weighted by Crippen LogP contribution is 2.36. The Morgan fingerprint density at radius 2 is 2.13 bits per heavy atom. The van der Waals surface area contributed by atoms with Crippen LogP contribution in [0.15, 0.2) is 51.3 Å². The monoisotopic (exact) mass is 421 g/mol. The van der Waals surface area contributed by atoms with Crippen LogP contribution in [0, 0.1) is 0 Å². The van der Waals surface area contributed by atoms with Crippen LogP contribution in [0.4, 0.5) is 16.5 Å². The van der Waals surface area contributed by atoms with Gasteiger partial charge >= 0.3 is 0 Å². The van der Waals surface area contributed by atoms with Crippen molar-refractivity contribution in [3.05, 3.63) is 52.5 Å². The number of aromatic amines is 1. The molecule has 3 aromatic heterocycles. The SMILES string of the molecule is CN(c1cc2ncc(=O)[nH]c2cc1Nc1nc(-c2ccco2)cs1)C1CCCCC1. The van der Waals surface area contributed by atoms with Crippen LogP contribution >= 0.6 is 11.3 Å². The highest BCUT2D eigenvalue weighted by Gasteiger charge is 2.22. The number of hydrogen-bond donors (Lipinski definition) is 2. The number of furan rings is 1. The number of thiazole rings is 1. The van der Waals surface area contributed by atoms with E-state index in [4.69, 9.17) is 4.42 Å². The molecule has 5 rings (SSSR count). The third kappa shape index (κ3) is 3.70. The van der Waals surface area contributed by atoms with E-state index in [1.165, 1.54) is 49.6 Å². The Balaban J connectivity index is 1.53. The molecule has 0 aliphatic heterocycles. The summed E-state index contributed by atoms with van der Waals surface area (Å²) in [4.78, 5) is 26.0. The smallest absolute Gasteiger partial charge is 0.266 e. The Morgan fingerprint density at radius 1 is 1.27 bits per heavy atom. The fraction of sp³-hybridized carbons (Fsp3) is 0.318. The van der Waals surface area contributed by atoms with E-state index in [0.29, 0.717) is 11.6 Å². The molecule has 4 aromatic rings. The van der Waals surface area contributed by atoms with E-state index in [1.54, 1.807) is 6.26 Å². The number of nitrogens with one attached hydrogen (secondary N) is 2. The van der Waals surface area contributed by atoms with Gasteiger partial charge in [0.15, 0.2) is 10.9 Å². The molecule has 0 atom stereocenters. The quantitative estimate of drug-likeness (QED) is 0.463. The summed E-state index contributed by atoms with van der Waals surface area (Å²) in [6, 6.07) is 8.24. The summed E-state index contributed by atoms with van der Waals surface area (Å²) < 4.78 is 5.46. The zero-order valence-electron chi connectivity index (χ0n) is 16.7. The molecule has 1 saturated carbocycles. The molecule has 0 amide bonds. The number of nitrogens with zero attached hydrogens (tertiary/aromatic N) is 3. The molecular formula is C22H23N5O2S. The van der Waals surface area contributed by atoms with Gasteiger partial charge in [0.2, 0.25) is 0 Å². The van der Waals surface area contributed by atoms with Gasteiger partial charge < -0.3 is 19.6 Å². The molecular weight excluding hydrogens is 398 g/mol. The molecule has 1 fully saturated rings. The summed E-state index contributed by atoms with van der Waals surface area (Å²) in [6.07, 6.45) is 9.18. The van der Waals surface area contributed by atoms with E-state index in [0.717, 1.165) is 33.5 Å². The van der Waals surface area contributed by atoms with Crippen LogP contribution in [0.1, 0.15) is 32.1 Å². The molecule has 1 aromatic carbocycles. The van der Waals surface area contributed by atoms with Crippen molar-refractivity contribution in [2.24, 2.45) is 0 Å². The fourth-order valence-corrected chi connectivity index (χ4v) is 4.83. The van der Waals surface area contributed by atoms with Crippen LogP contribution in [0.3, 0.4) is 0 Å². The number of hydrogen-bond acceptors (Lipinski definition) is 7. The summed E-state index contributed by atoms with van der Waals surface area (Å²) >= 11 is 1.52. The second-order valence-corrected chi connectivity index (χ2v) is 8.53. The van der Waals surface area contributed by atoms with Crippen LogP contribution in [0.5, 0.6) is 0 Å². The second-order valence-electron chi connectivity index (χ2n) is 7.68. The maximum atomic E-state index is 11.8. The van der Waals surface area contributed by atoms with Crippen molar-refractivity contribution in [1.82, 2.24) is 15.0 Å². The number of H-pyrrole nitrogens is 1. The Morgan fingerprint density at radius 3 is 2.93 bits per heavy atom. The number of fused-ring (bicyclic) bond motifs is 1. The highest BCUT2D eigenvalue weighted by molar-refractivity contribution is 7.14. The molecule has 1 aliphatic carbocycles. The first-order chi connectivity index (χ1) is 14.7. The van der Waals surface area contributed by atoms with Crippen molar-refractivity contribution >= 4 is 38.9 Å². The van der Waals surface area contributed by atoms with Crippen LogP contribution in [0.2, 0.25) is 0 Å². The minimum Gasteiger partial charge on any atom is -0.463 e. The predicted octanol–water partition coefficient (Wildman–Crippen LogP) is 5.15. The lowest BCUT2D eigenvalue weighted by Crippen LogP contribution is -2.33. The van der Waals surface area contributed by atoms with Gasteiger partial charge in [-0.05, 0) is 37.1 Å². The summed E-state index contributed by atoms with van der Waals surface area (Å²) in [7, 11) is 2.14. The predicted molar refractivity (Wildman–Crippen MR) is 121 cm³/mol. The van der Waals surface area contributed by atoms with Gasteiger partial charge in [-0.2, -0.15) is 0 Å². The summed E-state index contributed by atoms with van der Waals surface area (Å²) in [5.41, 5.74) is 4.02. The van der Waals surface area contributed by atoms with Crippen molar-refractivity contribution in [2.75, 3.05) is 17.3 Å². The van der Waals surface area contributed by atoms with Crippen molar-refractivity contribution in [3.63, 3.8) is 0 Å². The van der Waals surface area contributed by atoms with Gasteiger partial charge in [-0.25, -0.2) is 9.97 Å². The lowest BCUT2D eigenvalue weighted by molar-refractivity contribution is 0.428. The fourth-order valence-electron chi connectivity index (χ4n) is 4.12. The normalized spacial score (nSPS) is 14.8. The molecule has 0 radical (unpaired) electrons. The van der Waals surface area contributed by atoms with E-state index in [1.807, 2.05) is 29.6 Å². The van der Waals surface area contributed by atoms with E-state index >= 15 is 0 Å². The molecule has 1 aliphatic rings. The second kappa shape index (κ2) is 7.95. The van der Waals surface area contributed by atoms with Gasteiger partial charge in [0.1, 0.15) is 5.69 Å². The van der Waals surface area contributed by atoms with Gasteiger partial charge in [0.05, 0.1) is 34.9 Å². The standard InChI is InChI=1S/C22H23N5O2S/c1-27(14-6-3-2-4-7-14)19-11-15-16(24-21(28)12-23-15)10-17(19)25-22-26-18(13-30-22)20-8-5-9-29-20/h5,8-14H,2-4,6-7H2,1H3,(H,24,28)(H,25,26). The van der Waals surface area contributed by atoms with E-state index < -0.39 is 0 Å². The molecule has 0 bridgehead atoms. The average molecular weight is 422 g/mol. The molecule has 0 spiro atoms. The molecule has 8 heteroatoms. The lowest BCUT2D eigenvalue weighted by atomic mass is 9.94. The average Bonchev–Trinajstić information content (AvgIpc) is 3.45. The van der Waals surface area contributed by atoms with Crippen LogP contribution in [-0.2, 0) is 0 Å². The van der Waals surface area contributed by atoms with Gasteiger partial charge in [0, 0.05) is 18.5 Å². The van der Waals surface area contributed by atoms with Crippen LogP contribution in [-0.4, -0.2) is 28.0 Å². The van der Waals surface area contributed by atoms with Crippen molar-refractivity contribution in [3.8, 4) is 11.5 Å². The van der Waals surface area contributed by atoms with Gasteiger partial charge in [0.25, 0.3) is 5.56 Å². The van der Waals surface area contributed by atoms with E-state index in [-0.39, 0.29) is 5.56 Å². The Labute approximate surface area is 177 Å². The van der Waals surface area contributed by atoms with Gasteiger partial charge in [-0.1, -0.05) is 19.3 Å². The molecule has 7 nitrogen and oxygen atoms in total. The summed E-state index contributed by atoms with van der Waals surface area (Å²) in [5.74, 6) is 0.742. The van der Waals surface area contributed by atoms with Crippen LogP contribution < -0.4 is 15.8 Å². The Bertz CT molecular complexity index is 1210. The first-order valence-electron chi connectivity index (χ1n) is 10.2. The number of aromatic nitrogens is 3. The van der Waals surface area contributed by atoms with E-state index in [9.17, 15) is 4.79 Å².